The summed E-state index contributed by atoms with van der Waals surface area (Å²) < 4.78 is 1.67. The molecule has 0 aromatic carbocycles. The quantitative estimate of drug-likeness (QED) is 0.844. The zero-order valence-electron chi connectivity index (χ0n) is 11.8. The lowest BCUT2D eigenvalue weighted by Crippen LogP contribution is -2.27. The van der Waals surface area contributed by atoms with Crippen molar-refractivity contribution in [3.8, 4) is 0 Å². The molecular weight excluding hydrogens is 242 g/mol. The van der Waals surface area contributed by atoms with Crippen LogP contribution in [0.15, 0.2) is 0 Å². The van der Waals surface area contributed by atoms with Crippen LogP contribution in [0.3, 0.4) is 0 Å². The predicted octanol–water partition coefficient (Wildman–Crippen LogP) is 1.41. The summed E-state index contributed by atoms with van der Waals surface area (Å²) in [4.78, 5) is 16.2. The standard InChI is InChI=1S/C13H23N5O/c1-3-4-5-11(19)15-13-16-12(17-18(13)2)10-6-8-14-9-7-10/h10,14H,3-9H2,1-2H3,(H,15,16,17,19). The third-order valence-electron chi connectivity index (χ3n) is 3.49. The lowest BCUT2D eigenvalue weighted by molar-refractivity contribution is -0.116. The second kappa shape index (κ2) is 6.65. The number of anilines is 1. The molecule has 0 saturated carbocycles. The van der Waals surface area contributed by atoms with Crippen LogP contribution in [0.1, 0.15) is 50.8 Å². The van der Waals surface area contributed by atoms with Gasteiger partial charge in [0.15, 0.2) is 5.82 Å². The highest BCUT2D eigenvalue weighted by atomic mass is 16.1. The van der Waals surface area contributed by atoms with Gasteiger partial charge in [0.25, 0.3) is 0 Å². The molecule has 2 N–H and O–H groups in total. The second-order valence-corrected chi connectivity index (χ2v) is 5.09. The van der Waals surface area contributed by atoms with Crippen LogP contribution in [0, 0.1) is 0 Å². The Labute approximate surface area is 114 Å². The summed E-state index contributed by atoms with van der Waals surface area (Å²) in [5, 5.41) is 10.6. The highest BCUT2D eigenvalue weighted by Gasteiger charge is 2.21. The smallest absolute Gasteiger partial charge is 0.227 e. The number of amides is 1. The highest BCUT2D eigenvalue weighted by molar-refractivity contribution is 5.88. The van der Waals surface area contributed by atoms with Gasteiger partial charge in [-0.1, -0.05) is 13.3 Å². The molecule has 0 radical (unpaired) electrons. The van der Waals surface area contributed by atoms with E-state index in [1.807, 2.05) is 7.05 Å². The summed E-state index contributed by atoms with van der Waals surface area (Å²) in [6.45, 7) is 4.10. The average Bonchev–Trinajstić information content (AvgIpc) is 2.79. The molecule has 1 amide bonds. The minimum absolute atomic E-state index is 0.0224. The van der Waals surface area contributed by atoms with Crippen LogP contribution in [0.25, 0.3) is 0 Å². The van der Waals surface area contributed by atoms with Gasteiger partial charge in [0.1, 0.15) is 0 Å². The van der Waals surface area contributed by atoms with E-state index in [0.717, 1.165) is 44.6 Å². The Morgan fingerprint density at radius 3 is 2.89 bits per heavy atom. The van der Waals surface area contributed by atoms with Crippen molar-refractivity contribution >= 4 is 11.9 Å². The van der Waals surface area contributed by atoms with E-state index in [1.54, 1.807) is 4.68 Å². The Kier molecular flexibility index (Phi) is 4.90. The number of rotatable bonds is 5. The van der Waals surface area contributed by atoms with Crippen molar-refractivity contribution in [1.82, 2.24) is 20.1 Å². The first-order chi connectivity index (χ1) is 9.20. The fourth-order valence-corrected chi connectivity index (χ4v) is 2.29. The van der Waals surface area contributed by atoms with Crippen LogP contribution in [-0.4, -0.2) is 33.8 Å². The van der Waals surface area contributed by atoms with E-state index >= 15 is 0 Å². The van der Waals surface area contributed by atoms with Gasteiger partial charge < -0.3 is 5.32 Å². The first kappa shape index (κ1) is 14.0. The number of carbonyl (C=O) groups excluding carboxylic acids is 1. The summed E-state index contributed by atoms with van der Waals surface area (Å²) >= 11 is 0. The molecule has 1 aliphatic rings. The van der Waals surface area contributed by atoms with Gasteiger partial charge in [-0.15, -0.1) is 0 Å². The van der Waals surface area contributed by atoms with Crippen molar-refractivity contribution in [1.29, 1.82) is 0 Å². The van der Waals surface area contributed by atoms with Crippen LogP contribution in [0.4, 0.5) is 5.95 Å². The lowest BCUT2D eigenvalue weighted by Gasteiger charge is -2.19. The number of hydrogen-bond donors (Lipinski definition) is 2. The molecule has 0 unspecified atom stereocenters. The van der Waals surface area contributed by atoms with Gasteiger partial charge >= 0.3 is 0 Å². The van der Waals surface area contributed by atoms with Crippen molar-refractivity contribution in [2.45, 2.75) is 44.9 Å². The van der Waals surface area contributed by atoms with E-state index in [1.165, 1.54) is 0 Å². The molecule has 0 spiro atoms. The zero-order valence-corrected chi connectivity index (χ0v) is 11.8. The fraction of sp³-hybridized carbons (Fsp3) is 0.769. The summed E-state index contributed by atoms with van der Waals surface area (Å²) in [5.41, 5.74) is 0. The number of unbranched alkanes of at least 4 members (excludes halogenated alkanes) is 1. The highest BCUT2D eigenvalue weighted by Crippen LogP contribution is 2.23. The molecule has 1 fully saturated rings. The van der Waals surface area contributed by atoms with Gasteiger partial charge in [0, 0.05) is 19.4 Å². The van der Waals surface area contributed by atoms with Crippen LogP contribution >= 0.6 is 0 Å². The largest absolute Gasteiger partial charge is 0.317 e. The molecule has 2 rings (SSSR count). The SMILES string of the molecule is CCCCC(=O)Nc1nc(C2CCNCC2)nn1C. The molecule has 1 saturated heterocycles. The van der Waals surface area contributed by atoms with Gasteiger partial charge in [0.05, 0.1) is 0 Å². The maximum absolute atomic E-state index is 11.7. The normalized spacial score (nSPS) is 16.5. The molecule has 0 aliphatic carbocycles. The Bertz CT molecular complexity index is 423. The van der Waals surface area contributed by atoms with Crippen LogP contribution in [0.5, 0.6) is 0 Å². The molecule has 106 valence electrons. The van der Waals surface area contributed by atoms with Gasteiger partial charge in [-0.05, 0) is 32.4 Å². The molecule has 19 heavy (non-hydrogen) atoms. The summed E-state index contributed by atoms with van der Waals surface area (Å²) in [7, 11) is 1.83. The Balaban J connectivity index is 1.97. The maximum atomic E-state index is 11.7. The maximum Gasteiger partial charge on any atom is 0.227 e. The van der Waals surface area contributed by atoms with E-state index in [2.05, 4.69) is 27.6 Å². The van der Waals surface area contributed by atoms with E-state index in [0.29, 0.717) is 18.3 Å². The number of carbonyl (C=O) groups is 1. The van der Waals surface area contributed by atoms with E-state index in [-0.39, 0.29) is 5.91 Å². The van der Waals surface area contributed by atoms with Crippen molar-refractivity contribution in [3.63, 3.8) is 0 Å². The Morgan fingerprint density at radius 2 is 2.21 bits per heavy atom. The molecule has 6 nitrogen and oxygen atoms in total. The molecule has 0 atom stereocenters. The molecular formula is C13H23N5O. The number of nitrogens with one attached hydrogen (secondary N) is 2. The summed E-state index contributed by atoms with van der Waals surface area (Å²) in [5.74, 6) is 1.85. The number of piperidine rings is 1. The minimum Gasteiger partial charge on any atom is -0.317 e. The molecule has 1 aromatic heterocycles. The van der Waals surface area contributed by atoms with Crippen molar-refractivity contribution in [2.24, 2.45) is 7.05 Å². The molecule has 2 heterocycles. The fourth-order valence-electron chi connectivity index (χ4n) is 2.29. The number of nitrogens with zero attached hydrogens (tertiary/aromatic N) is 3. The van der Waals surface area contributed by atoms with Crippen molar-refractivity contribution < 1.29 is 4.79 Å². The first-order valence-corrected chi connectivity index (χ1v) is 7.12. The Morgan fingerprint density at radius 1 is 1.47 bits per heavy atom. The van der Waals surface area contributed by atoms with E-state index in [4.69, 9.17) is 0 Å². The van der Waals surface area contributed by atoms with Crippen LogP contribution in [0.2, 0.25) is 0 Å². The summed E-state index contributed by atoms with van der Waals surface area (Å²) in [6, 6.07) is 0. The van der Waals surface area contributed by atoms with Gasteiger partial charge in [-0.25, -0.2) is 4.68 Å². The van der Waals surface area contributed by atoms with Gasteiger partial charge in [-0.2, -0.15) is 10.1 Å². The molecule has 0 bridgehead atoms. The monoisotopic (exact) mass is 265 g/mol. The van der Waals surface area contributed by atoms with Gasteiger partial charge in [0.2, 0.25) is 11.9 Å². The average molecular weight is 265 g/mol. The van der Waals surface area contributed by atoms with Crippen LogP contribution in [-0.2, 0) is 11.8 Å². The number of hydrogen-bond acceptors (Lipinski definition) is 4. The first-order valence-electron chi connectivity index (χ1n) is 7.12. The predicted molar refractivity (Wildman–Crippen MR) is 74.0 cm³/mol. The van der Waals surface area contributed by atoms with Crippen molar-refractivity contribution in [2.75, 3.05) is 18.4 Å². The van der Waals surface area contributed by atoms with Crippen molar-refractivity contribution in [3.05, 3.63) is 5.82 Å². The van der Waals surface area contributed by atoms with E-state index in [9.17, 15) is 4.79 Å². The Hall–Kier alpha value is -1.43. The third kappa shape index (κ3) is 3.76. The lowest BCUT2D eigenvalue weighted by atomic mass is 9.98. The second-order valence-electron chi connectivity index (χ2n) is 5.09. The minimum atomic E-state index is 0.0224. The number of aryl methyl sites for hydroxylation is 1. The molecule has 1 aromatic rings. The van der Waals surface area contributed by atoms with E-state index < -0.39 is 0 Å². The van der Waals surface area contributed by atoms with Gasteiger partial charge in [-0.3, -0.25) is 10.1 Å². The number of aromatic nitrogens is 3. The molecule has 1 aliphatic heterocycles. The topological polar surface area (TPSA) is 71.8 Å². The third-order valence-corrected chi connectivity index (χ3v) is 3.49. The zero-order chi connectivity index (χ0) is 13.7. The molecule has 6 heteroatoms. The summed E-state index contributed by atoms with van der Waals surface area (Å²) in [6.07, 6.45) is 4.60. The van der Waals surface area contributed by atoms with Crippen LogP contribution < -0.4 is 10.6 Å².